The summed E-state index contributed by atoms with van der Waals surface area (Å²) in [6.45, 7) is 6.90. The summed E-state index contributed by atoms with van der Waals surface area (Å²) in [6, 6.07) is 12.6. The summed E-state index contributed by atoms with van der Waals surface area (Å²) in [7, 11) is 3.98. The molecule has 5 rings (SSSR count). The Labute approximate surface area is 253 Å². The fourth-order valence-corrected chi connectivity index (χ4v) is 5.97. The highest BCUT2D eigenvalue weighted by Gasteiger charge is 2.35. The van der Waals surface area contributed by atoms with Gasteiger partial charge < -0.3 is 35.1 Å². The molecule has 10 heteroatoms. The molecule has 230 valence electrons. The number of nitrogens with zero attached hydrogens (tertiary/aromatic N) is 3. The average Bonchev–Trinajstić information content (AvgIpc) is 3.40. The second-order valence-corrected chi connectivity index (χ2v) is 11.9. The number of benzene rings is 2. The Bertz CT molecular complexity index is 1440. The van der Waals surface area contributed by atoms with E-state index in [0.717, 1.165) is 41.3 Å². The first-order valence-electron chi connectivity index (χ1n) is 15.4. The second-order valence-electron chi connectivity index (χ2n) is 11.9. The molecule has 1 saturated heterocycles. The number of amides is 4. The van der Waals surface area contributed by atoms with Gasteiger partial charge in [0.15, 0.2) is 0 Å². The normalized spacial score (nSPS) is 17.0. The predicted molar refractivity (Wildman–Crippen MR) is 168 cm³/mol. The Morgan fingerprint density at radius 2 is 1.77 bits per heavy atom. The minimum Gasteiger partial charge on any atom is -0.492 e. The van der Waals surface area contributed by atoms with Crippen LogP contribution in [0.5, 0.6) is 5.75 Å². The lowest BCUT2D eigenvalue weighted by molar-refractivity contribution is -0.139. The van der Waals surface area contributed by atoms with Crippen molar-refractivity contribution in [2.45, 2.75) is 51.6 Å². The molecular formula is C33H44N6O4. The zero-order chi connectivity index (χ0) is 30.5. The number of urea groups is 1. The Morgan fingerprint density at radius 1 is 1.05 bits per heavy atom. The molecule has 2 heterocycles. The Hall–Kier alpha value is -4.05. The fraction of sp³-hybridized carbons (Fsp3) is 0.485. The van der Waals surface area contributed by atoms with Crippen LogP contribution in [0.25, 0.3) is 10.9 Å². The number of para-hydroxylation sites is 1. The minimum absolute atomic E-state index is 0.142. The maximum atomic E-state index is 14.1. The summed E-state index contributed by atoms with van der Waals surface area (Å²) in [4.78, 5) is 49.4. The van der Waals surface area contributed by atoms with Crippen LogP contribution in [0, 0.1) is 5.92 Å². The molecule has 2 fully saturated rings. The standard InChI is InChI=1S/C33H44N6O4/c1-5-43-29-14-13-23(21-37(3)4)19-28(29)35-31(40)30(22(2)26-20-34-27-12-7-6-11-25(26)27)36-33(42)39-17-15-38(16-18-39)32(41)24-9-8-10-24/h6-7,11-14,19-20,22,24,30,34H,5,8-10,15-18,21H2,1-4H3,(H,35,40)(H,36,42)/t22-,30+/m0/s1. The molecule has 0 spiro atoms. The lowest BCUT2D eigenvalue weighted by atomic mass is 9.84. The highest BCUT2D eigenvalue weighted by atomic mass is 16.5. The minimum atomic E-state index is -0.867. The first-order valence-corrected chi connectivity index (χ1v) is 15.4. The smallest absolute Gasteiger partial charge is 0.318 e. The van der Waals surface area contributed by atoms with Crippen molar-refractivity contribution in [2.24, 2.45) is 5.92 Å². The third-order valence-corrected chi connectivity index (χ3v) is 8.61. The molecule has 1 aliphatic carbocycles. The summed E-state index contributed by atoms with van der Waals surface area (Å²) in [5.41, 5.74) is 3.51. The number of anilines is 1. The lowest BCUT2D eigenvalue weighted by Gasteiger charge is -2.38. The molecule has 1 saturated carbocycles. The summed E-state index contributed by atoms with van der Waals surface area (Å²) < 4.78 is 5.84. The van der Waals surface area contributed by atoms with Gasteiger partial charge in [0.05, 0.1) is 12.3 Å². The van der Waals surface area contributed by atoms with Gasteiger partial charge in [0, 0.05) is 61.7 Å². The molecule has 3 aromatic rings. The van der Waals surface area contributed by atoms with E-state index in [2.05, 4.69) is 20.5 Å². The van der Waals surface area contributed by atoms with Crippen molar-refractivity contribution in [3.63, 3.8) is 0 Å². The van der Waals surface area contributed by atoms with Crippen LogP contribution in [-0.2, 0) is 16.1 Å². The van der Waals surface area contributed by atoms with Crippen LogP contribution in [0.15, 0.2) is 48.7 Å². The van der Waals surface area contributed by atoms with Gasteiger partial charge in [-0.25, -0.2) is 4.79 Å². The molecule has 10 nitrogen and oxygen atoms in total. The molecule has 0 bridgehead atoms. The van der Waals surface area contributed by atoms with Crippen molar-refractivity contribution < 1.29 is 19.1 Å². The molecule has 0 radical (unpaired) electrons. The molecule has 3 N–H and O–H groups in total. The van der Waals surface area contributed by atoms with Gasteiger partial charge in [-0.3, -0.25) is 9.59 Å². The third-order valence-electron chi connectivity index (χ3n) is 8.61. The number of nitrogens with one attached hydrogen (secondary N) is 3. The van der Waals surface area contributed by atoms with Gasteiger partial charge in [-0.2, -0.15) is 0 Å². The highest BCUT2D eigenvalue weighted by molar-refractivity contribution is 5.99. The van der Waals surface area contributed by atoms with E-state index in [0.29, 0.717) is 50.8 Å². The van der Waals surface area contributed by atoms with E-state index in [9.17, 15) is 14.4 Å². The third kappa shape index (κ3) is 6.96. The van der Waals surface area contributed by atoms with E-state index in [-0.39, 0.29) is 29.7 Å². The SMILES string of the molecule is CCOc1ccc(CN(C)C)cc1NC(=O)[C@H](NC(=O)N1CCN(C(=O)C2CCC2)CC1)[C@@H](C)c1c[nH]c2ccccc12. The van der Waals surface area contributed by atoms with Crippen molar-refractivity contribution in [3.05, 3.63) is 59.8 Å². The van der Waals surface area contributed by atoms with Crippen molar-refractivity contribution in [1.29, 1.82) is 0 Å². The number of piperazine rings is 1. The van der Waals surface area contributed by atoms with Crippen LogP contribution in [-0.4, -0.2) is 90.5 Å². The molecule has 1 aromatic heterocycles. The number of ether oxygens (including phenoxy) is 1. The summed E-state index contributed by atoms with van der Waals surface area (Å²) in [5, 5.41) is 7.14. The number of rotatable bonds is 10. The van der Waals surface area contributed by atoms with Crippen LogP contribution in [0.2, 0.25) is 0 Å². The zero-order valence-corrected chi connectivity index (χ0v) is 25.7. The maximum absolute atomic E-state index is 14.1. The monoisotopic (exact) mass is 588 g/mol. The highest BCUT2D eigenvalue weighted by Crippen LogP contribution is 2.31. The predicted octanol–water partition coefficient (Wildman–Crippen LogP) is 4.39. The lowest BCUT2D eigenvalue weighted by Crippen LogP contribution is -2.57. The number of carbonyl (C=O) groups excluding carboxylic acids is 3. The molecule has 2 aromatic carbocycles. The van der Waals surface area contributed by atoms with Crippen LogP contribution in [0.1, 0.15) is 50.2 Å². The van der Waals surface area contributed by atoms with E-state index < -0.39 is 6.04 Å². The molecule has 2 atom stereocenters. The number of H-pyrrole nitrogens is 1. The first kappa shape index (κ1) is 30.4. The van der Waals surface area contributed by atoms with Crippen LogP contribution in [0.4, 0.5) is 10.5 Å². The molecule has 4 amide bonds. The number of hydrogen-bond donors (Lipinski definition) is 3. The van der Waals surface area contributed by atoms with Crippen LogP contribution >= 0.6 is 0 Å². The number of aromatic nitrogens is 1. The number of fused-ring (bicyclic) bond motifs is 1. The van der Waals surface area contributed by atoms with Crippen molar-refractivity contribution in [2.75, 3.05) is 52.2 Å². The number of carbonyl (C=O) groups is 3. The van der Waals surface area contributed by atoms with Gasteiger partial charge in [-0.15, -0.1) is 0 Å². The number of hydrogen-bond acceptors (Lipinski definition) is 5. The van der Waals surface area contributed by atoms with Crippen molar-refractivity contribution in [1.82, 2.24) is 25.0 Å². The molecular weight excluding hydrogens is 544 g/mol. The van der Waals surface area contributed by atoms with Gasteiger partial charge in [0.25, 0.3) is 0 Å². The Kier molecular flexibility index (Phi) is 9.55. The van der Waals surface area contributed by atoms with Gasteiger partial charge >= 0.3 is 6.03 Å². The molecule has 43 heavy (non-hydrogen) atoms. The van der Waals surface area contributed by atoms with Crippen molar-refractivity contribution >= 4 is 34.4 Å². The topological polar surface area (TPSA) is 110 Å². The van der Waals surface area contributed by atoms with E-state index >= 15 is 0 Å². The van der Waals surface area contributed by atoms with Crippen LogP contribution < -0.4 is 15.4 Å². The first-order chi connectivity index (χ1) is 20.7. The molecule has 0 unspecified atom stereocenters. The van der Waals surface area contributed by atoms with Crippen molar-refractivity contribution in [3.8, 4) is 5.75 Å². The number of aromatic amines is 1. The summed E-state index contributed by atoms with van der Waals surface area (Å²) in [5.74, 6) is 0.256. The largest absolute Gasteiger partial charge is 0.492 e. The maximum Gasteiger partial charge on any atom is 0.318 e. The second kappa shape index (κ2) is 13.5. The van der Waals surface area contributed by atoms with E-state index in [1.807, 2.05) is 81.5 Å². The molecule has 2 aliphatic rings. The van der Waals surface area contributed by atoms with E-state index in [1.165, 1.54) is 0 Å². The summed E-state index contributed by atoms with van der Waals surface area (Å²) in [6.07, 6.45) is 4.95. The van der Waals surface area contributed by atoms with Gasteiger partial charge in [-0.05, 0) is 63.2 Å². The van der Waals surface area contributed by atoms with Gasteiger partial charge in [-0.1, -0.05) is 37.6 Å². The zero-order valence-electron chi connectivity index (χ0n) is 25.7. The average molecular weight is 589 g/mol. The van der Waals surface area contributed by atoms with Crippen LogP contribution in [0.3, 0.4) is 0 Å². The van der Waals surface area contributed by atoms with E-state index in [1.54, 1.807) is 4.90 Å². The molecule has 1 aliphatic heterocycles. The van der Waals surface area contributed by atoms with Gasteiger partial charge in [0.2, 0.25) is 11.8 Å². The Balaban J connectivity index is 1.36. The quantitative estimate of drug-likeness (QED) is 0.326. The van der Waals surface area contributed by atoms with E-state index in [4.69, 9.17) is 4.74 Å². The fourth-order valence-electron chi connectivity index (χ4n) is 5.97. The van der Waals surface area contributed by atoms with Gasteiger partial charge in [0.1, 0.15) is 11.8 Å². The summed E-state index contributed by atoms with van der Waals surface area (Å²) >= 11 is 0. The Morgan fingerprint density at radius 3 is 2.44 bits per heavy atom.